The lowest BCUT2D eigenvalue weighted by Gasteiger charge is -2.19. The number of hydrogen-bond donors (Lipinski definition) is 1. The van der Waals surface area contributed by atoms with Gasteiger partial charge in [-0.3, -0.25) is 0 Å². The van der Waals surface area contributed by atoms with E-state index in [1.54, 1.807) is 0 Å². The van der Waals surface area contributed by atoms with Crippen LogP contribution in [0.15, 0.2) is 82.0 Å². The molecule has 0 saturated heterocycles. The molecule has 0 bridgehead atoms. The van der Waals surface area contributed by atoms with Crippen molar-refractivity contribution >= 4 is 54.9 Å². The highest BCUT2D eigenvalue weighted by Gasteiger charge is 2.37. The van der Waals surface area contributed by atoms with Crippen molar-refractivity contribution in [2.24, 2.45) is 0 Å². The Kier molecular flexibility index (Phi) is 9.17. The van der Waals surface area contributed by atoms with Crippen LogP contribution in [0.1, 0.15) is 32.9 Å². The summed E-state index contributed by atoms with van der Waals surface area (Å²) in [6, 6.07) is 14.9. The molecule has 4 rings (SSSR count). The van der Waals surface area contributed by atoms with Crippen LogP contribution in [0, 0.1) is 0 Å². The molecule has 2 heterocycles. The van der Waals surface area contributed by atoms with E-state index in [-0.39, 0.29) is 20.8 Å². The summed E-state index contributed by atoms with van der Waals surface area (Å²) >= 11 is 6.66. The summed E-state index contributed by atoms with van der Waals surface area (Å²) < 4.78 is 11.5. The number of rotatable bonds is 2. The molecule has 2 aromatic rings. The van der Waals surface area contributed by atoms with Gasteiger partial charge >= 0.3 is 11.9 Å². The van der Waals surface area contributed by atoms with Crippen molar-refractivity contribution in [3.63, 3.8) is 0 Å². The maximum Gasteiger partial charge on any atom is 0.336 e. The average molecular weight is 552 g/mol. The van der Waals surface area contributed by atoms with E-state index < -0.39 is 11.8 Å². The number of cyclic esters (lactones) is 2. The molecule has 2 aliphatic rings. The van der Waals surface area contributed by atoms with Gasteiger partial charge < -0.3 is 14.6 Å². The van der Waals surface area contributed by atoms with E-state index >= 15 is 0 Å². The number of ether oxygens (including phenoxy) is 2. The molecule has 1 N–H and O–H groups in total. The topological polar surface area (TPSA) is 72.8 Å². The third kappa shape index (κ3) is 6.50. The summed E-state index contributed by atoms with van der Waals surface area (Å²) in [5.41, 5.74) is 2.95. The Morgan fingerprint density at radius 3 is 1.71 bits per heavy atom. The molecule has 0 aromatic heterocycles. The third-order valence-electron chi connectivity index (χ3n) is 4.16. The van der Waals surface area contributed by atoms with E-state index in [0.717, 1.165) is 25.6 Å². The standard InChI is InChI=1S/C11H9BrO3.C11H7BrO2.2CH4/c1-11(14)9(6-10(13)15-11)7-2-4-8(12)5-3-7;1-7-10(6-11(13)14-7)8-2-4-9(12)5-3-8;;/h2-6,14H,1H3;2-6H,1H2;2*1H4. The van der Waals surface area contributed by atoms with E-state index in [2.05, 4.69) is 38.4 Å². The number of aliphatic hydroxyl groups is 1. The number of halogens is 2. The van der Waals surface area contributed by atoms with Crippen molar-refractivity contribution in [2.45, 2.75) is 27.6 Å². The van der Waals surface area contributed by atoms with Gasteiger partial charge in [0, 0.05) is 39.2 Å². The highest BCUT2D eigenvalue weighted by molar-refractivity contribution is 9.10. The number of esters is 2. The van der Waals surface area contributed by atoms with E-state index in [0.29, 0.717) is 11.3 Å². The zero-order chi connectivity index (χ0) is 21.2. The molecule has 0 amide bonds. The highest BCUT2D eigenvalue weighted by atomic mass is 79.9. The van der Waals surface area contributed by atoms with Gasteiger partial charge in [-0.05, 0) is 35.4 Å². The van der Waals surface area contributed by atoms with Crippen LogP contribution in [-0.2, 0) is 19.1 Å². The van der Waals surface area contributed by atoms with Gasteiger partial charge in [0.2, 0.25) is 5.79 Å². The normalized spacial score (nSPS) is 19.0. The van der Waals surface area contributed by atoms with E-state index in [9.17, 15) is 14.7 Å². The maximum absolute atomic E-state index is 11.0. The number of hydrogen-bond acceptors (Lipinski definition) is 5. The molecule has 31 heavy (non-hydrogen) atoms. The van der Waals surface area contributed by atoms with Crippen LogP contribution in [0.25, 0.3) is 11.1 Å². The molecule has 0 radical (unpaired) electrons. The minimum atomic E-state index is -1.52. The lowest BCUT2D eigenvalue weighted by atomic mass is 10.00. The van der Waals surface area contributed by atoms with Crippen molar-refractivity contribution in [3.8, 4) is 0 Å². The first-order valence-electron chi connectivity index (χ1n) is 8.48. The molecule has 0 saturated carbocycles. The fourth-order valence-electron chi connectivity index (χ4n) is 2.79. The lowest BCUT2D eigenvalue weighted by Crippen LogP contribution is -2.26. The number of benzene rings is 2. The summed E-state index contributed by atoms with van der Waals surface area (Å²) in [5.74, 6) is -1.98. The van der Waals surface area contributed by atoms with Gasteiger partial charge in [0.15, 0.2) is 0 Å². The van der Waals surface area contributed by atoms with Crippen molar-refractivity contribution in [1.29, 1.82) is 0 Å². The largest absolute Gasteiger partial charge is 0.426 e. The van der Waals surface area contributed by atoms with Crippen molar-refractivity contribution in [1.82, 2.24) is 0 Å². The van der Waals surface area contributed by atoms with Gasteiger partial charge in [-0.2, -0.15) is 0 Å². The van der Waals surface area contributed by atoms with Crippen molar-refractivity contribution in [2.75, 3.05) is 0 Å². The second-order valence-electron chi connectivity index (χ2n) is 6.38. The maximum atomic E-state index is 11.0. The molecular formula is C24H24Br2O5. The summed E-state index contributed by atoms with van der Waals surface area (Å²) in [7, 11) is 0. The van der Waals surface area contributed by atoms with Gasteiger partial charge in [0.25, 0.3) is 0 Å². The Balaban J connectivity index is 0.000000292. The summed E-state index contributed by atoms with van der Waals surface area (Å²) in [4.78, 5) is 22.0. The van der Waals surface area contributed by atoms with Gasteiger partial charge in [0.05, 0.1) is 0 Å². The van der Waals surface area contributed by atoms with Gasteiger partial charge in [0.1, 0.15) is 5.76 Å². The zero-order valence-electron chi connectivity index (χ0n) is 15.3. The predicted molar refractivity (Wildman–Crippen MR) is 130 cm³/mol. The summed E-state index contributed by atoms with van der Waals surface area (Å²) in [5, 5.41) is 9.82. The molecule has 7 heteroatoms. The second kappa shape index (κ2) is 10.7. The van der Waals surface area contributed by atoms with Gasteiger partial charge in [-0.1, -0.05) is 77.6 Å². The Morgan fingerprint density at radius 1 is 0.839 bits per heavy atom. The molecule has 1 atom stereocenters. The zero-order valence-corrected chi connectivity index (χ0v) is 18.5. The van der Waals surface area contributed by atoms with E-state index in [1.165, 1.54) is 19.1 Å². The smallest absolute Gasteiger partial charge is 0.336 e. The van der Waals surface area contributed by atoms with Crippen LogP contribution in [0.5, 0.6) is 0 Å². The number of allylic oxidation sites excluding steroid dienone is 1. The Hall–Kier alpha value is -2.48. The molecule has 0 spiro atoms. The van der Waals surface area contributed by atoms with Crippen molar-refractivity contribution in [3.05, 3.63) is 93.1 Å². The monoisotopic (exact) mass is 550 g/mol. The third-order valence-corrected chi connectivity index (χ3v) is 5.22. The number of carbonyl (C=O) groups is 2. The Labute approximate surface area is 199 Å². The first-order chi connectivity index (χ1) is 13.7. The molecule has 1 unspecified atom stereocenters. The average Bonchev–Trinajstić information content (AvgIpc) is 3.13. The molecule has 164 valence electrons. The summed E-state index contributed by atoms with van der Waals surface area (Å²) in [6.45, 7) is 5.11. The van der Waals surface area contributed by atoms with Crippen LogP contribution in [0.4, 0.5) is 0 Å². The predicted octanol–water partition coefficient (Wildman–Crippen LogP) is 6.27. The lowest BCUT2D eigenvalue weighted by molar-refractivity contribution is -0.169. The molecule has 0 aliphatic carbocycles. The first kappa shape index (κ1) is 26.6. The van der Waals surface area contributed by atoms with E-state index in [4.69, 9.17) is 9.47 Å². The van der Waals surface area contributed by atoms with Gasteiger partial charge in [-0.15, -0.1) is 0 Å². The van der Waals surface area contributed by atoms with Gasteiger partial charge in [-0.25, -0.2) is 9.59 Å². The molecule has 0 fully saturated rings. The minimum Gasteiger partial charge on any atom is -0.426 e. The SMILES string of the molecule is C.C.C=C1OC(=O)C=C1c1ccc(Br)cc1.CC1(O)OC(=O)C=C1c1ccc(Br)cc1. The summed E-state index contributed by atoms with van der Waals surface area (Å²) in [6.07, 6.45) is 2.76. The Bertz CT molecular complexity index is 1030. The fraction of sp³-hybridized carbons (Fsp3) is 0.167. The van der Waals surface area contributed by atoms with E-state index in [1.807, 2.05) is 48.5 Å². The highest BCUT2D eigenvalue weighted by Crippen LogP contribution is 2.33. The quantitative estimate of drug-likeness (QED) is 0.445. The molecule has 2 aliphatic heterocycles. The van der Waals surface area contributed by atoms with Crippen LogP contribution >= 0.6 is 31.9 Å². The molecular weight excluding hydrogens is 528 g/mol. The van der Waals surface area contributed by atoms with Crippen LogP contribution < -0.4 is 0 Å². The Morgan fingerprint density at radius 2 is 1.32 bits per heavy atom. The molecule has 5 nitrogen and oxygen atoms in total. The first-order valence-corrected chi connectivity index (χ1v) is 10.1. The number of carbonyl (C=O) groups excluding carboxylic acids is 2. The minimum absolute atomic E-state index is 0. The second-order valence-corrected chi connectivity index (χ2v) is 8.21. The fourth-order valence-corrected chi connectivity index (χ4v) is 3.32. The van der Waals surface area contributed by atoms with Crippen LogP contribution in [0.3, 0.4) is 0 Å². The van der Waals surface area contributed by atoms with Crippen molar-refractivity contribution < 1.29 is 24.2 Å². The molecule has 2 aromatic carbocycles. The van der Waals surface area contributed by atoms with Crippen LogP contribution in [0.2, 0.25) is 0 Å². The van der Waals surface area contributed by atoms with Crippen LogP contribution in [-0.4, -0.2) is 22.8 Å².